The Labute approximate surface area is 109 Å². The van der Waals surface area contributed by atoms with Gasteiger partial charge in [0.05, 0.1) is 17.8 Å². The maximum Gasteiger partial charge on any atom is 0.150 e. The van der Waals surface area contributed by atoms with Crippen LogP contribution in [-0.2, 0) is 6.54 Å². The predicted octanol–water partition coefficient (Wildman–Crippen LogP) is 2.39. The minimum absolute atomic E-state index is 0.291. The highest BCUT2D eigenvalue weighted by atomic mass is 16.5. The number of nitrogens with zero attached hydrogens (tertiary/aromatic N) is 2. The highest BCUT2D eigenvalue weighted by Crippen LogP contribution is 2.28. The van der Waals surface area contributed by atoms with Crippen LogP contribution in [-0.4, -0.2) is 33.9 Å². The van der Waals surface area contributed by atoms with Gasteiger partial charge >= 0.3 is 0 Å². The highest BCUT2D eigenvalue weighted by molar-refractivity contribution is 5.09. The molecule has 1 N–H and O–H groups in total. The van der Waals surface area contributed by atoms with E-state index in [1.54, 1.807) is 0 Å². The summed E-state index contributed by atoms with van der Waals surface area (Å²) in [6, 6.07) is 2.04. The van der Waals surface area contributed by atoms with E-state index in [1.807, 2.05) is 13.0 Å². The molecule has 2 rings (SSSR count). The second-order valence-corrected chi connectivity index (χ2v) is 6.12. The lowest BCUT2D eigenvalue weighted by Crippen LogP contribution is -2.48. The van der Waals surface area contributed by atoms with Crippen LogP contribution < -0.4 is 0 Å². The Kier molecular flexibility index (Phi) is 3.78. The maximum atomic E-state index is 10.1. The van der Waals surface area contributed by atoms with Crippen LogP contribution in [0.4, 0.5) is 0 Å². The summed E-state index contributed by atoms with van der Waals surface area (Å²) in [5, 5.41) is 14.2. The molecule has 0 unspecified atom stereocenters. The topological polar surface area (TPSA) is 49.5 Å². The normalized spacial score (nSPS) is 30.0. The van der Waals surface area contributed by atoms with Crippen LogP contribution in [0.25, 0.3) is 0 Å². The van der Waals surface area contributed by atoms with Gasteiger partial charge in [-0.2, -0.15) is 0 Å². The molecule has 4 nitrogen and oxygen atoms in total. The number of piperidine rings is 1. The van der Waals surface area contributed by atoms with Gasteiger partial charge in [-0.15, -0.1) is 0 Å². The molecule has 0 bridgehead atoms. The van der Waals surface area contributed by atoms with Crippen LogP contribution in [0.5, 0.6) is 0 Å². The molecule has 0 aromatic carbocycles. The van der Waals surface area contributed by atoms with Gasteiger partial charge in [0.25, 0.3) is 0 Å². The van der Waals surface area contributed by atoms with Gasteiger partial charge in [-0.25, -0.2) is 0 Å². The number of hydrogen-bond donors (Lipinski definition) is 1. The van der Waals surface area contributed by atoms with Crippen molar-refractivity contribution < 1.29 is 9.63 Å². The van der Waals surface area contributed by atoms with E-state index in [-0.39, 0.29) is 0 Å². The predicted molar refractivity (Wildman–Crippen MR) is 70.3 cm³/mol. The number of aromatic nitrogens is 1. The Balaban J connectivity index is 1.94. The van der Waals surface area contributed by atoms with E-state index < -0.39 is 5.60 Å². The van der Waals surface area contributed by atoms with E-state index in [4.69, 9.17) is 4.52 Å². The van der Waals surface area contributed by atoms with E-state index in [2.05, 4.69) is 30.8 Å². The molecule has 1 saturated heterocycles. The van der Waals surface area contributed by atoms with Crippen molar-refractivity contribution in [3.05, 3.63) is 17.5 Å². The molecule has 0 amide bonds. The smallest absolute Gasteiger partial charge is 0.150 e. The summed E-state index contributed by atoms with van der Waals surface area (Å²) in [6.07, 6.45) is 0.819. The van der Waals surface area contributed by atoms with Crippen molar-refractivity contribution in [1.29, 1.82) is 0 Å². The molecule has 0 spiro atoms. The van der Waals surface area contributed by atoms with Crippen LogP contribution in [0.1, 0.15) is 51.5 Å². The fourth-order valence-electron chi connectivity index (χ4n) is 2.35. The van der Waals surface area contributed by atoms with E-state index in [9.17, 15) is 5.11 Å². The first-order chi connectivity index (χ1) is 8.38. The first-order valence-electron chi connectivity index (χ1n) is 6.78. The first-order valence-corrected chi connectivity index (χ1v) is 6.78. The zero-order valence-corrected chi connectivity index (χ0v) is 11.8. The number of rotatable bonds is 3. The largest absolute Gasteiger partial charge is 0.390 e. The summed E-state index contributed by atoms with van der Waals surface area (Å²) < 4.78 is 5.36. The van der Waals surface area contributed by atoms with Crippen molar-refractivity contribution in [3.63, 3.8) is 0 Å². The van der Waals surface area contributed by atoms with Crippen LogP contribution in [0.3, 0.4) is 0 Å². The second-order valence-electron chi connectivity index (χ2n) is 6.12. The molecule has 102 valence electrons. The van der Waals surface area contributed by atoms with Gasteiger partial charge in [0, 0.05) is 19.2 Å². The highest BCUT2D eigenvalue weighted by Gasteiger charge is 2.34. The molecule has 0 aliphatic carbocycles. The molecule has 1 aromatic heterocycles. The molecule has 2 heterocycles. The molecule has 1 aliphatic heterocycles. The van der Waals surface area contributed by atoms with Crippen LogP contribution in [0.2, 0.25) is 0 Å². The maximum absolute atomic E-state index is 10.1. The first kappa shape index (κ1) is 13.6. The van der Waals surface area contributed by atoms with Gasteiger partial charge in [0.1, 0.15) is 0 Å². The van der Waals surface area contributed by atoms with E-state index in [0.29, 0.717) is 11.8 Å². The molecular weight excluding hydrogens is 228 g/mol. The van der Waals surface area contributed by atoms with E-state index in [1.165, 1.54) is 0 Å². The average molecular weight is 252 g/mol. The molecular formula is C14H24N2O2. The lowest BCUT2D eigenvalue weighted by atomic mass is 9.84. The Bertz CT molecular complexity index is 398. The Morgan fingerprint density at radius 3 is 2.89 bits per heavy atom. The number of likely N-dealkylation sites (tertiary alicyclic amines) is 1. The zero-order valence-electron chi connectivity index (χ0n) is 11.8. The number of hydrogen-bond acceptors (Lipinski definition) is 4. The van der Waals surface area contributed by atoms with Crippen molar-refractivity contribution in [2.75, 3.05) is 13.1 Å². The standard InChI is InChI=1S/C14H24N2O2/c1-10(2)13-7-12(18-15-13)9-16-6-5-14(4,17)11(3)8-16/h7,10-11,17H,5-6,8-9H2,1-4H3/t11-,14+/m1/s1. The lowest BCUT2D eigenvalue weighted by molar-refractivity contribution is -0.0537. The van der Waals surface area contributed by atoms with Crippen molar-refractivity contribution >= 4 is 0 Å². The molecule has 1 aromatic rings. The van der Waals surface area contributed by atoms with Gasteiger partial charge in [0.2, 0.25) is 0 Å². The fourth-order valence-corrected chi connectivity index (χ4v) is 2.35. The molecule has 1 aliphatic rings. The third kappa shape index (κ3) is 2.93. The van der Waals surface area contributed by atoms with Gasteiger partial charge in [-0.3, -0.25) is 4.90 Å². The van der Waals surface area contributed by atoms with Crippen molar-refractivity contribution in [3.8, 4) is 0 Å². The van der Waals surface area contributed by atoms with Crippen LogP contribution >= 0.6 is 0 Å². The summed E-state index contributed by atoms with van der Waals surface area (Å²) in [5.41, 5.74) is 0.489. The van der Waals surface area contributed by atoms with Crippen molar-refractivity contribution in [2.24, 2.45) is 5.92 Å². The van der Waals surface area contributed by atoms with Gasteiger partial charge in [0.15, 0.2) is 5.76 Å². The van der Waals surface area contributed by atoms with E-state index >= 15 is 0 Å². The Morgan fingerprint density at radius 2 is 2.33 bits per heavy atom. The van der Waals surface area contributed by atoms with E-state index in [0.717, 1.165) is 37.5 Å². The van der Waals surface area contributed by atoms with Crippen LogP contribution in [0, 0.1) is 5.92 Å². The molecule has 2 atom stereocenters. The summed E-state index contributed by atoms with van der Waals surface area (Å²) in [4.78, 5) is 2.33. The Morgan fingerprint density at radius 1 is 1.61 bits per heavy atom. The molecule has 0 saturated carbocycles. The third-order valence-corrected chi connectivity index (χ3v) is 4.08. The monoisotopic (exact) mass is 252 g/mol. The van der Waals surface area contributed by atoms with Crippen molar-refractivity contribution in [1.82, 2.24) is 10.1 Å². The molecule has 4 heteroatoms. The van der Waals surface area contributed by atoms with Gasteiger partial charge in [-0.1, -0.05) is 25.9 Å². The lowest BCUT2D eigenvalue weighted by Gasteiger charge is -2.40. The van der Waals surface area contributed by atoms with Gasteiger partial charge in [-0.05, 0) is 25.2 Å². The summed E-state index contributed by atoms with van der Waals surface area (Å²) in [5.74, 6) is 1.62. The minimum Gasteiger partial charge on any atom is -0.390 e. The summed E-state index contributed by atoms with van der Waals surface area (Å²) >= 11 is 0. The fraction of sp³-hybridized carbons (Fsp3) is 0.786. The van der Waals surface area contributed by atoms with Crippen molar-refractivity contribution in [2.45, 2.75) is 52.2 Å². The Hall–Kier alpha value is -0.870. The number of aliphatic hydroxyl groups is 1. The van der Waals surface area contributed by atoms with Crippen LogP contribution in [0.15, 0.2) is 10.6 Å². The summed E-state index contributed by atoms with van der Waals surface area (Å²) in [7, 11) is 0. The zero-order chi connectivity index (χ0) is 13.3. The van der Waals surface area contributed by atoms with Gasteiger partial charge < -0.3 is 9.63 Å². The second kappa shape index (κ2) is 5.02. The average Bonchev–Trinajstić information content (AvgIpc) is 2.73. The molecule has 0 radical (unpaired) electrons. The third-order valence-electron chi connectivity index (χ3n) is 4.08. The summed E-state index contributed by atoms with van der Waals surface area (Å²) in [6.45, 7) is 10.9. The quantitative estimate of drug-likeness (QED) is 0.897. The SMILES string of the molecule is CC(C)c1cc(CN2CC[C@](C)(O)[C@H](C)C2)on1. The minimum atomic E-state index is -0.527. The molecule has 18 heavy (non-hydrogen) atoms. The molecule has 1 fully saturated rings.